The van der Waals surface area contributed by atoms with E-state index in [0.29, 0.717) is 36.8 Å². The average Bonchev–Trinajstić information content (AvgIpc) is 3.09. The van der Waals surface area contributed by atoms with Crippen LogP contribution in [0.2, 0.25) is 0 Å². The van der Waals surface area contributed by atoms with Gasteiger partial charge in [0.15, 0.2) is 5.17 Å². The molecular formula is C21H20FN3O2S. The van der Waals surface area contributed by atoms with E-state index >= 15 is 0 Å². The van der Waals surface area contributed by atoms with E-state index in [0.717, 1.165) is 16.5 Å². The summed E-state index contributed by atoms with van der Waals surface area (Å²) in [5, 5.41) is 0.720. The number of benzene rings is 2. The number of amides is 1. The van der Waals surface area contributed by atoms with Gasteiger partial charge in [-0.25, -0.2) is 4.39 Å². The Morgan fingerprint density at radius 1 is 1.04 bits per heavy atom. The first kappa shape index (κ1) is 18.6. The Bertz CT molecular complexity index is 935. The van der Waals surface area contributed by atoms with Gasteiger partial charge in [-0.05, 0) is 47.7 Å². The van der Waals surface area contributed by atoms with E-state index in [4.69, 9.17) is 4.74 Å². The minimum atomic E-state index is -0.215. The number of ether oxygens (including phenoxy) is 1. The van der Waals surface area contributed by atoms with Gasteiger partial charge in [0.2, 0.25) is 0 Å². The number of aliphatic imine (C=N–C) groups is 1. The van der Waals surface area contributed by atoms with Crippen LogP contribution in [0.1, 0.15) is 5.56 Å². The monoisotopic (exact) mass is 397 g/mol. The van der Waals surface area contributed by atoms with Gasteiger partial charge in [0, 0.05) is 26.2 Å². The van der Waals surface area contributed by atoms with Crippen LogP contribution in [-0.2, 0) is 4.79 Å². The first-order valence-electron chi connectivity index (χ1n) is 9.05. The Kier molecular flexibility index (Phi) is 5.34. The maximum absolute atomic E-state index is 14.0. The molecule has 0 radical (unpaired) electrons. The Morgan fingerprint density at radius 3 is 2.39 bits per heavy atom. The van der Waals surface area contributed by atoms with Crippen molar-refractivity contribution in [1.82, 2.24) is 4.90 Å². The van der Waals surface area contributed by atoms with Crippen LogP contribution in [0.25, 0.3) is 6.08 Å². The zero-order chi connectivity index (χ0) is 19.5. The van der Waals surface area contributed by atoms with Crippen LogP contribution in [-0.4, -0.2) is 49.3 Å². The molecule has 0 N–H and O–H groups in total. The molecule has 0 aliphatic carbocycles. The fourth-order valence-electron chi connectivity index (χ4n) is 3.23. The lowest BCUT2D eigenvalue weighted by molar-refractivity contribution is -0.113. The van der Waals surface area contributed by atoms with E-state index in [1.165, 1.54) is 17.8 Å². The molecule has 5 nitrogen and oxygen atoms in total. The zero-order valence-corrected chi connectivity index (χ0v) is 16.3. The number of halogens is 1. The molecule has 0 saturated carbocycles. The highest BCUT2D eigenvalue weighted by atomic mass is 32.2. The molecule has 1 amide bonds. The second-order valence-corrected chi connectivity index (χ2v) is 7.52. The molecule has 1 fully saturated rings. The summed E-state index contributed by atoms with van der Waals surface area (Å²) in [7, 11) is 1.62. The van der Waals surface area contributed by atoms with Gasteiger partial charge in [-0.3, -0.25) is 4.79 Å². The van der Waals surface area contributed by atoms with E-state index in [1.807, 2.05) is 41.3 Å². The lowest BCUT2D eigenvalue weighted by Gasteiger charge is -2.36. The third-order valence-corrected chi connectivity index (χ3v) is 5.81. The lowest BCUT2D eigenvalue weighted by atomic mass is 10.2. The number of rotatable bonds is 3. The van der Waals surface area contributed by atoms with Crippen LogP contribution in [0.5, 0.6) is 5.75 Å². The van der Waals surface area contributed by atoms with E-state index in [-0.39, 0.29) is 11.7 Å². The second-order valence-electron chi connectivity index (χ2n) is 6.51. The zero-order valence-electron chi connectivity index (χ0n) is 15.5. The van der Waals surface area contributed by atoms with E-state index in [9.17, 15) is 9.18 Å². The summed E-state index contributed by atoms with van der Waals surface area (Å²) in [5.41, 5.74) is 1.55. The summed E-state index contributed by atoms with van der Waals surface area (Å²) in [6, 6.07) is 14.4. The quantitative estimate of drug-likeness (QED) is 0.740. The third-order valence-electron chi connectivity index (χ3n) is 4.77. The van der Waals surface area contributed by atoms with Gasteiger partial charge in [0.25, 0.3) is 5.91 Å². The highest BCUT2D eigenvalue weighted by molar-refractivity contribution is 8.18. The molecular weight excluding hydrogens is 377 g/mol. The van der Waals surface area contributed by atoms with Gasteiger partial charge in [-0.1, -0.05) is 24.3 Å². The minimum absolute atomic E-state index is 0.205. The fraction of sp³-hybridized carbons (Fsp3) is 0.238. The Balaban J connectivity index is 1.40. The Morgan fingerprint density at radius 2 is 1.71 bits per heavy atom. The molecule has 0 atom stereocenters. The largest absolute Gasteiger partial charge is 0.497 e. The van der Waals surface area contributed by atoms with Crippen molar-refractivity contribution >= 4 is 34.6 Å². The summed E-state index contributed by atoms with van der Waals surface area (Å²) in [5.74, 6) is 0.355. The first-order chi connectivity index (χ1) is 13.6. The summed E-state index contributed by atoms with van der Waals surface area (Å²) in [6.07, 6.45) is 1.85. The number of para-hydroxylation sites is 1. The molecule has 2 aromatic carbocycles. The van der Waals surface area contributed by atoms with Crippen LogP contribution in [0.15, 0.2) is 58.4 Å². The number of hydrogen-bond donors (Lipinski definition) is 0. The van der Waals surface area contributed by atoms with Gasteiger partial charge in [-0.15, -0.1) is 0 Å². The van der Waals surface area contributed by atoms with Crippen LogP contribution >= 0.6 is 11.8 Å². The van der Waals surface area contributed by atoms with Crippen molar-refractivity contribution in [3.8, 4) is 5.75 Å². The van der Waals surface area contributed by atoms with Crippen molar-refractivity contribution in [1.29, 1.82) is 0 Å². The van der Waals surface area contributed by atoms with Crippen LogP contribution in [0.4, 0.5) is 10.1 Å². The first-order valence-corrected chi connectivity index (χ1v) is 9.87. The number of amidine groups is 1. The van der Waals surface area contributed by atoms with Crippen molar-refractivity contribution in [2.75, 3.05) is 38.2 Å². The van der Waals surface area contributed by atoms with E-state index in [1.54, 1.807) is 19.2 Å². The van der Waals surface area contributed by atoms with Gasteiger partial charge >= 0.3 is 0 Å². The standard InChI is InChI=1S/C21H20FN3O2S/c1-27-16-8-6-15(7-9-16)14-19-20(26)23-21(28-19)25-12-10-24(11-13-25)18-5-3-2-4-17(18)22/h2-9,14H,10-13H2,1H3/b19-14+. The normalized spacial score (nSPS) is 18.6. The molecule has 1 saturated heterocycles. The Labute approximate surface area is 167 Å². The summed E-state index contributed by atoms with van der Waals surface area (Å²) in [4.78, 5) is 21.2. The number of carbonyl (C=O) groups is 1. The molecule has 2 aliphatic rings. The maximum atomic E-state index is 14.0. The molecule has 2 aliphatic heterocycles. The SMILES string of the molecule is COc1ccc(/C=C2/SC(N3CCN(c4ccccc4F)CC3)=NC2=O)cc1. The number of methoxy groups -OCH3 is 1. The number of hydrogen-bond acceptors (Lipinski definition) is 5. The van der Waals surface area contributed by atoms with Gasteiger partial charge < -0.3 is 14.5 Å². The lowest BCUT2D eigenvalue weighted by Crippen LogP contribution is -2.48. The molecule has 2 aromatic rings. The summed E-state index contributed by atoms with van der Waals surface area (Å²) in [6.45, 7) is 2.77. The van der Waals surface area contributed by atoms with Gasteiger partial charge in [0.05, 0.1) is 17.7 Å². The topological polar surface area (TPSA) is 45.1 Å². The van der Waals surface area contributed by atoms with Crippen molar-refractivity contribution in [3.63, 3.8) is 0 Å². The molecule has 28 heavy (non-hydrogen) atoms. The molecule has 7 heteroatoms. The number of nitrogens with zero attached hydrogens (tertiary/aromatic N) is 3. The van der Waals surface area contributed by atoms with E-state index < -0.39 is 0 Å². The van der Waals surface area contributed by atoms with Crippen molar-refractivity contribution in [2.24, 2.45) is 4.99 Å². The molecule has 0 aromatic heterocycles. The summed E-state index contributed by atoms with van der Waals surface area (Å²) < 4.78 is 19.1. The fourth-order valence-corrected chi connectivity index (χ4v) is 4.20. The van der Waals surface area contributed by atoms with Crippen LogP contribution in [0.3, 0.4) is 0 Å². The average molecular weight is 397 g/mol. The smallest absolute Gasteiger partial charge is 0.286 e. The van der Waals surface area contributed by atoms with Crippen molar-refractivity contribution < 1.29 is 13.9 Å². The predicted molar refractivity (Wildman–Crippen MR) is 111 cm³/mol. The van der Waals surface area contributed by atoms with Gasteiger partial charge in [-0.2, -0.15) is 4.99 Å². The van der Waals surface area contributed by atoms with Crippen molar-refractivity contribution in [3.05, 3.63) is 64.8 Å². The van der Waals surface area contributed by atoms with Gasteiger partial charge in [0.1, 0.15) is 11.6 Å². The Hall–Kier alpha value is -2.80. The van der Waals surface area contributed by atoms with E-state index in [2.05, 4.69) is 9.89 Å². The predicted octanol–water partition coefficient (Wildman–Crippen LogP) is 3.63. The number of carbonyl (C=O) groups excluding carboxylic acids is 1. The second kappa shape index (κ2) is 8.06. The molecule has 0 unspecified atom stereocenters. The molecule has 2 heterocycles. The molecule has 4 rings (SSSR count). The number of piperazine rings is 1. The summed E-state index contributed by atoms with van der Waals surface area (Å²) >= 11 is 1.39. The van der Waals surface area contributed by atoms with Crippen LogP contribution < -0.4 is 9.64 Å². The number of anilines is 1. The van der Waals surface area contributed by atoms with Crippen LogP contribution in [0, 0.1) is 5.82 Å². The molecule has 0 spiro atoms. The molecule has 144 valence electrons. The highest BCUT2D eigenvalue weighted by Crippen LogP contribution is 2.31. The minimum Gasteiger partial charge on any atom is -0.497 e. The molecule has 0 bridgehead atoms. The maximum Gasteiger partial charge on any atom is 0.286 e. The number of thioether (sulfide) groups is 1. The highest BCUT2D eigenvalue weighted by Gasteiger charge is 2.29. The third kappa shape index (κ3) is 3.89. The van der Waals surface area contributed by atoms with Crippen molar-refractivity contribution in [2.45, 2.75) is 0 Å².